The standard InChI is InChI=1S/C17H13Cl2N5O2/c18-11-5-1-2-7-13(11)22-23-17(26)16(25)21-14-8-3-6-12(19)15(14)24-10-4-9-20-24/h1-10,22H,(H,21,25)(H,23,26). The highest BCUT2D eigenvalue weighted by Crippen LogP contribution is 2.27. The van der Waals surface area contributed by atoms with Crippen molar-refractivity contribution in [2.75, 3.05) is 10.7 Å². The monoisotopic (exact) mass is 389 g/mol. The van der Waals surface area contributed by atoms with Crippen LogP contribution in [-0.4, -0.2) is 21.6 Å². The zero-order chi connectivity index (χ0) is 18.5. The van der Waals surface area contributed by atoms with E-state index < -0.39 is 11.8 Å². The molecule has 132 valence electrons. The Morgan fingerprint density at radius 1 is 0.885 bits per heavy atom. The first kappa shape index (κ1) is 17.8. The first-order chi connectivity index (χ1) is 12.6. The number of amides is 2. The average molecular weight is 390 g/mol. The molecule has 0 fully saturated rings. The summed E-state index contributed by atoms with van der Waals surface area (Å²) in [5.74, 6) is -1.77. The third-order valence-corrected chi connectivity index (χ3v) is 3.99. The van der Waals surface area contributed by atoms with Crippen LogP contribution in [-0.2, 0) is 9.59 Å². The first-order valence-corrected chi connectivity index (χ1v) is 8.22. The Bertz CT molecular complexity index is 944. The second kappa shape index (κ2) is 7.90. The van der Waals surface area contributed by atoms with Gasteiger partial charge in [0, 0.05) is 12.4 Å². The summed E-state index contributed by atoms with van der Waals surface area (Å²) in [5, 5.41) is 7.40. The van der Waals surface area contributed by atoms with E-state index in [4.69, 9.17) is 23.2 Å². The summed E-state index contributed by atoms with van der Waals surface area (Å²) >= 11 is 12.2. The van der Waals surface area contributed by atoms with E-state index in [9.17, 15) is 9.59 Å². The van der Waals surface area contributed by atoms with Gasteiger partial charge in [-0.05, 0) is 30.3 Å². The number of benzene rings is 2. The van der Waals surface area contributed by atoms with Crippen LogP contribution in [0.15, 0.2) is 60.9 Å². The van der Waals surface area contributed by atoms with E-state index in [1.807, 2.05) is 0 Å². The van der Waals surface area contributed by atoms with E-state index in [0.29, 0.717) is 27.1 Å². The van der Waals surface area contributed by atoms with Crippen LogP contribution in [0.2, 0.25) is 10.0 Å². The molecule has 26 heavy (non-hydrogen) atoms. The minimum Gasteiger partial charge on any atom is -0.316 e. The zero-order valence-corrected chi connectivity index (χ0v) is 14.8. The summed E-state index contributed by atoms with van der Waals surface area (Å²) in [5.41, 5.74) is 6.16. The van der Waals surface area contributed by atoms with Crippen LogP contribution in [0.4, 0.5) is 11.4 Å². The van der Waals surface area contributed by atoms with Gasteiger partial charge in [0.25, 0.3) is 0 Å². The number of rotatable bonds is 4. The van der Waals surface area contributed by atoms with E-state index in [2.05, 4.69) is 21.3 Å². The molecule has 0 saturated carbocycles. The molecule has 9 heteroatoms. The average Bonchev–Trinajstić information content (AvgIpc) is 3.15. The predicted molar refractivity (Wildman–Crippen MR) is 100 cm³/mol. The van der Waals surface area contributed by atoms with Crippen molar-refractivity contribution >= 4 is 46.4 Å². The van der Waals surface area contributed by atoms with Crippen LogP contribution in [0, 0.1) is 0 Å². The molecule has 3 N–H and O–H groups in total. The second-order valence-corrected chi connectivity index (χ2v) is 5.91. The smallest absolute Gasteiger partial charge is 0.316 e. The van der Waals surface area contributed by atoms with E-state index in [1.165, 1.54) is 4.68 Å². The number of halogens is 2. The van der Waals surface area contributed by atoms with E-state index in [-0.39, 0.29) is 0 Å². The van der Waals surface area contributed by atoms with E-state index in [1.54, 1.807) is 60.9 Å². The van der Waals surface area contributed by atoms with E-state index >= 15 is 0 Å². The Morgan fingerprint density at radius 3 is 2.35 bits per heavy atom. The lowest BCUT2D eigenvalue weighted by Gasteiger charge is -2.13. The molecule has 3 aromatic rings. The van der Waals surface area contributed by atoms with Gasteiger partial charge in [0.05, 0.1) is 21.4 Å². The van der Waals surface area contributed by atoms with Crippen LogP contribution >= 0.6 is 23.2 Å². The third kappa shape index (κ3) is 3.96. The quantitative estimate of drug-likeness (QED) is 0.471. The summed E-state index contributed by atoms with van der Waals surface area (Å²) < 4.78 is 1.50. The maximum Gasteiger partial charge on any atom is 0.327 e. The van der Waals surface area contributed by atoms with Gasteiger partial charge >= 0.3 is 11.8 Å². The van der Waals surface area contributed by atoms with Crippen LogP contribution in [0.25, 0.3) is 5.69 Å². The molecule has 1 heterocycles. The molecular weight excluding hydrogens is 377 g/mol. The highest BCUT2D eigenvalue weighted by Gasteiger charge is 2.17. The lowest BCUT2D eigenvalue weighted by atomic mass is 10.2. The zero-order valence-electron chi connectivity index (χ0n) is 13.2. The Labute approximate surface area is 158 Å². The molecule has 1 aromatic heterocycles. The van der Waals surface area contributed by atoms with Gasteiger partial charge in [0.2, 0.25) is 0 Å². The molecule has 0 aliphatic rings. The molecule has 0 atom stereocenters. The Hall–Kier alpha value is -3.03. The van der Waals surface area contributed by atoms with Crippen LogP contribution in [0.3, 0.4) is 0 Å². The molecule has 0 radical (unpaired) electrons. The molecule has 0 saturated heterocycles. The Kier molecular flexibility index (Phi) is 5.40. The highest BCUT2D eigenvalue weighted by atomic mass is 35.5. The number of carbonyl (C=O) groups is 2. The number of hydrogen-bond donors (Lipinski definition) is 3. The van der Waals surface area contributed by atoms with Crippen molar-refractivity contribution in [3.05, 3.63) is 71.0 Å². The van der Waals surface area contributed by atoms with Gasteiger partial charge in [-0.25, -0.2) is 4.68 Å². The Morgan fingerprint density at radius 2 is 1.62 bits per heavy atom. The summed E-state index contributed by atoms with van der Waals surface area (Å²) in [6, 6.07) is 13.5. The molecule has 2 aromatic carbocycles. The maximum absolute atomic E-state index is 12.2. The normalized spacial score (nSPS) is 10.2. The molecule has 7 nitrogen and oxygen atoms in total. The molecule has 2 amide bonds. The lowest BCUT2D eigenvalue weighted by Crippen LogP contribution is -2.39. The number of aromatic nitrogens is 2. The molecule has 0 aliphatic heterocycles. The van der Waals surface area contributed by atoms with Gasteiger partial charge in [-0.1, -0.05) is 41.4 Å². The number of carbonyl (C=O) groups excluding carboxylic acids is 2. The number of para-hydroxylation sites is 2. The van der Waals surface area contributed by atoms with Gasteiger partial charge in [-0.15, -0.1) is 0 Å². The maximum atomic E-state index is 12.2. The van der Waals surface area contributed by atoms with Gasteiger partial charge in [0.1, 0.15) is 5.69 Å². The van der Waals surface area contributed by atoms with Gasteiger partial charge in [-0.3, -0.25) is 20.4 Å². The number of nitrogens with zero attached hydrogens (tertiary/aromatic N) is 2. The van der Waals surface area contributed by atoms with Crippen molar-refractivity contribution in [2.24, 2.45) is 0 Å². The van der Waals surface area contributed by atoms with Gasteiger partial charge in [-0.2, -0.15) is 5.10 Å². The van der Waals surface area contributed by atoms with Crippen LogP contribution in [0.1, 0.15) is 0 Å². The summed E-state index contributed by atoms with van der Waals surface area (Å²) in [6.45, 7) is 0. The number of anilines is 2. The molecule has 3 rings (SSSR count). The summed E-state index contributed by atoms with van der Waals surface area (Å²) in [6.07, 6.45) is 3.26. The Balaban J connectivity index is 1.71. The van der Waals surface area contributed by atoms with Crippen molar-refractivity contribution in [3.8, 4) is 5.69 Å². The molecule has 0 bridgehead atoms. The lowest BCUT2D eigenvalue weighted by molar-refractivity contribution is -0.135. The fraction of sp³-hybridized carbons (Fsp3) is 0. The van der Waals surface area contributed by atoms with Gasteiger partial charge in [0.15, 0.2) is 0 Å². The SMILES string of the molecule is O=C(NNc1ccccc1Cl)C(=O)Nc1cccc(Cl)c1-n1cccn1. The molecule has 0 aliphatic carbocycles. The van der Waals surface area contributed by atoms with E-state index in [0.717, 1.165) is 0 Å². The summed E-state index contributed by atoms with van der Waals surface area (Å²) in [4.78, 5) is 24.2. The third-order valence-electron chi connectivity index (χ3n) is 3.36. The van der Waals surface area contributed by atoms with Crippen molar-refractivity contribution in [2.45, 2.75) is 0 Å². The van der Waals surface area contributed by atoms with Crippen molar-refractivity contribution < 1.29 is 9.59 Å². The summed E-state index contributed by atoms with van der Waals surface area (Å²) in [7, 11) is 0. The molecular formula is C17H13Cl2N5O2. The predicted octanol–water partition coefficient (Wildman–Crippen LogP) is 3.26. The highest BCUT2D eigenvalue weighted by molar-refractivity contribution is 6.40. The van der Waals surface area contributed by atoms with Crippen molar-refractivity contribution in [3.63, 3.8) is 0 Å². The largest absolute Gasteiger partial charge is 0.327 e. The van der Waals surface area contributed by atoms with Crippen LogP contribution in [0.5, 0.6) is 0 Å². The molecule has 0 unspecified atom stereocenters. The second-order valence-electron chi connectivity index (χ2n) is 5.10. The fourth-order valence-electron chi connectivity index (χ4n) is 2.17. The van der Waals surface area contributed by atoms with Gasteiger partial charge < -0.3 is 5.32 Å². The van der Waals surface area contributed by atoms with Crippen molar-refractivity contribution in [1.82, 2.24) is 15.2 Å². The van der Waals surface area contributed by atoms with Crippen LogP contribution < -0.4 is 16.2 Å². The number of nitrogens with one attached hydrogen (secondary N) is 3. The minimum atomic E-state index is -0.892. The fourth-order valence-corrected chi connectivity index (χ4v) is 2.62. The number of hydrogen-bond acceptors (Lipinski definition) is 4. The van der Waals surface area contributed by atoms with Crippen molar-refractivity contribution in [1.29, 1.82) is 0 Å². The number of hydrazine groups is 1. The topological polar surface area (TPSA) is 88.0 Å². The minimum absolute atomic E-state index is 0.346. The molecule has 0 spiro atoms. The first-order valence-electron chi connectivity index (χ1n) is 7.46.